The highest BCUT2D eigenvalue weighted by atomic mass is 32.2. The molecule has 7 heteroatoms. The molecule has 0 fully saturated rings. The summed E-state index contributed by atoms with van der Waals surface area (Å²) in [5.41, 5.74) is 1.43. The predicted molar refractivity (Wildman–Crippen MR) is 79.6 cm³/mol. The van der Waals surface area contributed by atoms with Gasteiger partial charge in [-0.15, -0.1) is 0 Å². The van der Waals surface area contributed by atoms with Crippen molar-refractivity contribution in [2.75, 3.05) is 26.4 Å². The molecule has 1 aromatic carbocycles. The van der Waals surface area contributed by atoms with Gasteiger partial charge >= 0.3 is 0 Å². The Balaban J connectivity index is 2.20. The van der Waals surface area contributed by atoms with Crippen molar-refractivity contribution in [2.24, 2.45) is 0 Å². The van der Waals surface area contributed by atoms with E-state index in [-0.39, 0.29) is 31.3 Å². The van der Waals surface area contributed by atoms with Crippen molar-refractivity contribution in [3.8, 4) is 0 Å². The van der Waals surface area contributed by atoms with E-state index in [1.165, 1.54) is 6.07 Å². The number of ether oxygens (including phenoxy) is 1. The van der Waals surface area contributed by atoms with Crippen LogP contribution in [0.1, 0.15) is 5.56 Å². The Labute approximate surface area is 123 Å². The summed E-state index contributed by atoms with van der Waals surface area (Å²) in [5, 5.41) is 9.36. The van der Waals surface area contributed by atoms with Crippen LogP contribution in [0.15, 0.2) is 35.4 Å². The van der Waals surface area contributed by atoms with Crippen molar-refractivity contribution >= 4 is 20.9 Å². The Kier molecular flexibility index (Phi) is 5.24. The first kappa shape index (κ1) is 15.8. The molecule has 0 bridgehead atoms. The smallest absolute Gasteiger partial charge is 0.242 e. The molecular weight excluding hydrogens is 292 g/mol. The molecule has 0 aliphatic rings. The van der Waals surface area contributed by atoms with Gasteiger partial charge in [-0.2, -0.15) is 0 Å². The Bertz CT molecular complexity index is 716. The molecule has 114 valence electrons. The number of nitrogens with zero attached hydrogens (tertiary/aromatic N) is 1. The van der Waals surface area contributed by atoms with Crippen molar-refractivity contribution in [1.29, 1.82) is 0 Å². The monoisotopic (exact) mass is 310 g/mol. The standard InChI is InChI=1S/C14H18N2O4S/c1-11-9-12-3-2-4-13(14(12)15-10-11)21(18,19)16-5-7-20-8-6-17/h2-4,9-10,16-17H,5-8H2,1H3. The maximum atomic E-state index is 12.3. The second kappa shape index (κ2) is 6.95. The van der Waals surface area contributed by atoms with Crippen molar-refractivity contribution < 1.29 is 18.3 Å². The van der Waals surface area contributed by atoms with Crippen molar-refractivity contribution in [2.45, 2.75) is 11.8 Å². The van der Waals surface area contributed by atoms with Crippen LogP contribution in [0.3, 0.4) is 0 Å². The number of benzene rings is 1. The number of hydrogen-bond donors (Lipinski definition) is 2. The van der Waals surface area contributed by atoms with E-state index < -0.39 is 10.0 Å². The highest BCUT2D eigenvalue weighted by molar-refractivity contribution is 7.89. The first-order valence-electron chi connectivity index (χ1n) is 6.58. The molecule has 21 heavy (non-hydrogen) atoms. The summed E-state index contributed by atoms with van der Waals surface area (Å²) in [6.45, 7) is 2.36. The second-order valence-electron chi connectivity index (χ2n) is 4.57. The summed E-state index contributed by atoms with van der Waals surface area (Å²) in [7, 11) is -3.64. The normalized spacial score (nSPS) is 11.9. The van der Waals surface area contributed by atoms with E-state index in [9.17, 15) is 8.42 Å². The quantitative estimate of drug-likeness (QED) is 0.740. The topological polar surface area (TPSA) is 88.5 Å². The molecule has 1 aromatic heterocycles. The van der Waals surface area contributed by atoms with E-state index in [1.807, 2.05) is 19.1 Å². The van der Waals surface area contributed by atoms with Gasteiger partial charge in [-0.3, -0.25) is 4.98 Å². The predicted octanol–water partition coefficient (Wildman–Crippen LogP) is 0.830. The molecule has 2 rings (SSSR count). The van der Waals surface area contributed by atoms with E-state index >= 15 is 0 Å². The summed E-state index contributed by atoms with van der Waals surface area (Å²) in [6.07, 6.45) is 1.64. The van der Waals surface area contributed by atoms with E-state index in [2.05, 4.69) is 9.71 Å². The van der Waals surface area contributed by atoms with Crippen LogP contribution in [0, 0.1) is 6.92 Å². The van der Waals surface area contributed by atoms with Crippen LogP contribution >= 0.6 is 0 Å². The van der Waals surface area contributed by atoms with Crippen LogP contribution in [0.2, 0.25) is 0 Å². The number of rotatable bonds is 7. The molecule has 0 atom stereocenters. The zero-order valence-corrected chi connectivity index (χ0v) is 12.6. The third kappa shape index (κ3) is 3.98. The van der Waals surface area contributed by atoms with E-state index in [1.54, 1.807) is 12.3 Å². The number of fused-ring (bicyclic) bond motifs is 1. The Morgan fingerprint density at radius 2 is 2.14 bits per heavy atom. The molecule has 0 radical (unpaired) electrons. The number of aryl methyl sites for hydroxylation is 1. The van der Waals surface area contributed by atoms with Gasteiger partial charge in [0.05, 0.1) is 25.3 Å². The lowest BCUT2D eigenvalue weighted by Gasteiger charge is -2.09. The minimum absolute atomic E-state index is 0.0840. The number of para-hydroxylation sites is 1. The average Bonchev–Trinajstić information content (AvgIpc) is 2.46. The highest BCUT2D eigenvalue weighted by Gasteiger charge is 2.17. The molecule has 1 heterocycles. The summed E-state index contributed by atoms with van der Waals surface area (Å²) in [4.78, 5) is 4.38. The molecular formula is C14H18N2O4S. The summed E-state index contributed by atoms with van der Waals surface area (Å²) >= 11 is 0. The number of aromatic nitrogens is 1. The lowest BCUT2D eigenvalue weighted by molar-refractivity contribution is 0.0961. The molecule has 0 aliphatic heterocycles. The van der Waals surface area contributed by atoms with Crippen molar-refractivity contribution in [3.05, 3.63) is 36.0 Å². The lowest BCUT2D eigenvalue weighted by atomic mass is 10.2. The van der Waals surface area contributed by atoms with Gasteiger partial charge in [0.15, 0.2) is 0 Å². The number of pyridine rings is 1. The van der Waals surface area contributed by atoms with Gasteiger partial charge in [0.25, 0.3) is 0 Å². The minimum atomic E-state index is -3.64. The zero-order chi connectivity index (χ0) is 15.3. The number of hydrogen-bond acceptors (Lipinski definition) is 5. The molecule has 0 unspecified atom stereocenters. The molecule has 2 aromatic rings. The van der Waals surface area contributed by atoms with Crippen molar-refractivity contribution in [1.82, 2.24) is 9.71 Å². The number of aliphatic hydroxyl groups is 1. The summed E-state index contributed by atoms with van der Waals surface area (Å²) < 4.78 is 32.1. The fourth-order valence-corrected chi connectivity index (χ4v) is 3.14. The maximum Gasteiger partial charge on any atom is 0.242 e. The summed E-state index contributed by atoms with van der Waals surface area (Å²) in [6, 6.07) is 6.95. The van der Waals surface area contributed by atoms with Crippen LogP contribution in [0.5, 0.6) is 0 Å². The van der Waals surface area contributed by atoms with Gasteiger partial charge in [0, 0.05) is 18.1 Å². The first-order chi connectivity index (χ1) is 10.0. The number of sulfonamides is 1. The molecule has 0 saturated heterocycles. The van der Waals surface area contributed by atoms with Gasteiger partial charge in [0.1, 0.15) is 4.90 Å². The van der Waals surface area contributed by atoms with E-state index in [0.717, 1.165) is 10.9 Å². The zero-order valence-electron chi connectivity index (χ0n) is 11.7. The van der Waals surface area contributed by atoms with Gasteiger partial charge < -0.3 is 9.84 Å². The number of aliphatic hydroxyl groups excluding tert-OH is 1. The Morgan fingerprint density at radius 3 is 2.90 bits per heavy atom. The van der Waals surface area contributed by atoms with Crippen LogP contribution in [-0.4, -0.2) is 44.9 Å². The lowest BCUT2D eigenvalue weighted by Crippen LogP contribution is -2.28. The van der Waals surface area contributed by atoms with Crippen molar-refractivity contribution in [3.63, 3.8) is 0 Å². The van der Waals surface area contributed by atoms with Crippen LogP contribution in [0.4, 0.5) is 0 Å². The average molecular weight is 310 g/mol. The molecule has 0 spiro atoms. The molecule has 6 nitrogen and oxygen atoms in total. The third-order valence-electron chi connectivity index (χ3n) is 2.87. The second-order valence-corrected chi connectivity index (χ2v) is 6.31. The van der Waals surface area contributed by atoms with Gasteiger partial charge in [-0.05, 0) is 24.6 Å². The highest BCUT2D eigenvalue weighted by Crippen LogP contribution is 2.21. The maximum absolute atomic E-state index is 12.3. The number of nitrogens with one attached hydrogen (secondary N) is 1. The molecule has 0 amide bonds. The molecule has 0 saturated carbocycles. The molecule has 2 N–H and O–H groups in total. The summed E-state index contributed by atoms with van der Waals surface area (Å²) in [5.74, 6) is 0. The Hall–Kier alpha value is -1.54. The Morgan fingerprint density at radius 1 is 1.33 bits per heavy atom. The van der Waals surface area contributed by atoms with Gasteiger partial charge in [-0.25, -0.2) is 13.1 Å². The minimum Gasteiger partial charge on any atom is -0.394 e. The fraction of sp³-hybridized carbons (Fsp3) is 0.357. The van der Waals surface area contributed by atoms with E-state index in [4.69, 9.17) is 9.84 Å². The SMILES string of the molecule is Cc1cnc2c(S(=O)(=O)NCCOCCO)cccc2c1. The third-order valence-corrected chi connectivity index (χ3v) is 4.37. The van der Waals surface area contributed by atoms with Gasteiger partial charge in [-0.1, -0.05) is 12.1 Å². The largest absolute Gasteiger partial charge is 0.394 e. The first-order valence-corrected chi connectivity index (χ1v) is 8.06. The van der Waals surface area contributed by atoms with Crippen LogP contribution in [-0.2, 0) is 14.8 Å². The molecule has 0 aliphatic carbocycles. The fourth-order valence-electron chi connectivity index (χ4n) is 1.95. The van der Waals surface area contributed by atoms with Crippen LogP contribution < -0.4 is 4.72 Å². The van der Waals surface area contributed by atoms with E-state index in [0.29, 0.717) is 5.52 Å². The van der Waals surface area contributed by atoms with Gasteiger partial charge in [0.2, 0.25) is 10.0 Å². The van der Waals surface area contributed by atoms with Crippen LogP contribution in [0.25, 0.3) is 10.9 Å².